The zero-order chi connectivity index (χ0) is 18.0. The molecule has 2 aliphatic rings. The number of morpholine rings is 1. The molecule has 0 unspecified atom stereocenters. The van der Waals surface area contributed by atoms with Gasteiger partial charge in [0.05, 0.1) is 12.3 Å². The Labute approximate surface area is 150 Å². The summed E-state index contributed by atoms with van der Waals surface area (Å²) < 4.78 is 6.05. The van der Waals surface area contributed by atoms with E-state index in [1.807, 2.05) is 11.8 Å². The van der Waals surface area contributed by atoms with E-state index in [2.05, 4.69) is 36.0 Å². The van der Waals surface area contributed by atoms with Crippen LogP contribution in [0.3, 0.4) is 0 Å². The first kappa shape index (κ1) is 18.1. The SMILES string of the molecule is CC(=O)N1CCC(N2CCO[C@H](c3cc(N(C)C)cc(C)n3)C2)CC1. The first-order valence-electron chi connectivity index (χ1n) is 9.21. The van der Waals surface area contributed by atoms with Crippen molar-refractivity contribution in [1.82, 2.24) is 14.8 Å². The number of aryl methyl sites for hydroxylation is 1. The Bertz CT molecular complexity index is 611. The van der Waals surface area contributed by atoms with Crippen LogP contribution in [-0.2, 0) is 9.53 Å². The number of carbonyl (C=O) groups excluding carboxylic acids is 1. The summed E-state index contributed by atoms with van der Waals surface area (Å²) in [6.45, 7) is 8.03. The molecule has 0 radical (unpaired) electrons. The minimum Gasteiger partial charge on any atom is -0.378 e. The quantitative estimate of drug-likeness (QED) is 0.836. The van der Waals surface area contributed by atoms with Gasteiger partial charge in [0.25, 0.3) is 0 Å². The van der Waals surface area contributed by atoms with Crippen LogP contribution < -0.4 is 4.90 Å². The summed E-state index contributed by atoms with van der Waals surface area (Å²) in [5.41, 5.74) is 3.21. The highest BCUT2D eigenvalue weighted by Gasteiger charge is 2.31. The van der Waals surface area contributed by atoms with E-state index in [9.17, 15) is 4.79 Å². The Morgan fingerprint density at radius 1 is 1.24 bits per heavy atom. The molecule has 2 saturated heterocycles. The lowest BCUT2D eigenvalue weighted by Crippen LogP contribution is -2.50. The molecule has 2 aliphatic heterocycles. The number of ether oxygens (including phenoxy) is 1. The van der Waals surface area contributed by atoms with Gasteiger partial charge in [0.15, 0.2) is 0 Å². The van der Waals surface area contributed by atoms with E-state index < -0.39 is 0 Å². The second-order valence-corrected chi connectivity index (χ2v) is 7.38. The molecule has 3 heterocycles. The van der Waals surface area contributed by atoms with Crippen molar-refractivity contribution in [3.63, 3.8) is 0 Å². The molecule has 1 atom stereocenters. The van der Waals surface area contributed by atoms with Gasteiger partial charge in [-0.15, -0.1) is 0 Å². The van der Waals surface area contributed by atoms with Crippen molar-refractivity contribution in [3.8, 4) is 0 Å². The van der Waals surface area contributed by atoms with Crippen LogP contribution in [0.25, 0.3) is 0 Å². The second kappa shape index (κ2) is 7.70. The molecule has 6 nitrogen and oxygen atoms in total. The number of amides is 1. The smallest absolute Gasteiger partial charge is 0.219 e. The van der Waals surface area contributed by atoms with Gasteiger partial charge in [0.2, 0.25) is 5.91 Å². The molecule has 1 aromatic heterocycles. The van der Waals surface area contributed by atoms with Crippen molar-refractivity contribution in [2.24, 2.45) is 0 Å². The van der Waals surface area contributed by atoms with Crippen LogP contribution in [-0.4, -0.2) is 73.6 Å². The molecule has 0 N–H and O–H groups in total. The number of likely N-dealkylation sites (tertiary alicyclic amines) is 1. The van der Waals surface area contributed by atoms with Gasteiger partial charge in [-0.3, -0.25) is 14.7 Å². The molecule has 0 aliphatic carbocycles. The average Bonchev–Trinajstić information content (AvgIpc) is 2.61. The van der Waals surface area contributed by atoms with E-state index in [-0.39, 0.29) is 12.0 Å². The monoisotopic (exact) mass is 346 g/mol. The molecule has 2 fully saturated rings. The lowest BCUT2D eigenvalue weighted by Gasteiger charge is -2.42. The third-order valence-electron chi connectivity index (χ3n) is 5.33. The van der Waals surface area contributed by atoms with E-state index in [0.29, 0.717) is 6.04 Å². The minimum absolute atomic E-state index is 0.0261. The summed E-state index contributed by atoms with van der Waals surface area (Å²) in [7, 11) is 4.10. The summed E-state index contributed by atoms with van der Waals surface area (Å²) in [6, 6.07) is 4.78. The van der Waals surface area contributed by atoms with Gasteiger partial charge in [-0.1, -0.05) is 0 Å². The zero-order valence-corrected chi connectivity index (χ0v) is 15.9. The van der Waals surface area contributed by atoms with Crippen LogP contribution in [0, 0.1) is 6.92 Å². The Morgan fingerprint density at radius 2 is 1.96 bits per heavy atom. The minimum atomic E-state index is 0.0261. The molecule has 25 heavy (non-hydrogen) atoms. The van der Waals surface area contributed by atoms with Gasteiger partial charge in [-0.2, -0.15) is 0 Å². The van der Waals surface area contributed by atoms with Crippen molar-refractivity contribution >= 4 is 11.6 Å². The number of pyridine rings is 1. The highest BCUT2D eigenvalue weighted by atomic mass is 16.5. The van der Waals surface area contributed by atoms with E-state index in [1.165, 1.54) is 0 Å². The molecule has 0 bridgehead atoms. The highest BCUT2D eigenvalue weighted by Crippen LogP contribution is 2.27. The van der Waals surface area contributed by atoms with Gasteiger partial charge in [-0.25, -0.2) is 0 Å². The van der Waals surface area contributed by atoms with Gasteiger partial charge >= 0.3 is 0 Å². The van der Waals surface area contributed by atoms with E-state index >= 15 is 0 Å². The number of aromatic nitrogens is 1. The van der Waals surface area contributed by atoms with E-state index in [1.54, 1.807) is 6.92 Å². The first-order chi connectivity index (χ1) is 11.9. The molecular weight excluding hydrogens is 316 g/mol. The zero-order valence-electron chi connectivity index (χ0n) is 15.9. The topological polar surface area (TPSA) is 48.9 Å². The molecule has 3 rings (SSSR count). The lowest BCUT2D eigenvalue weighted by atomic mass is 10.0. The van der Waals surface area contributed by atoms with Gasteiger partial charge in [0.1, 0.15) is 6.10 Å². The van der Waals surface area contributed by atoms with Crippen molar-refractivity contribution in [2.45, 2.75) is 38.8 Å². The van der Waals surface area contributed by atoms with E-state index in [4.69, 9.17) is 9.72 Å². The fourth-order valence-corrected chi connectivity index (χ4v) is 3.82. The molecule has 1 amide bonds. The van der Waals surface area contributed by atoms with Crippen molar-refractivity contribution < 1.29 is 9.53 Å². The van der Waals surface area contributed by atoms with Gasteiger partial charge < -0.3 is 14.5 Å². The van der Waals surface area contributed by atoms with E-state index in [0.717, 1.165) is 62.7 Å². The molecule has 1 aromatic rings. The molecule has 6 heteroatoms. The normalized spacial score (nSPS) is 22.9. The standard InChI is InChI=1S/C19H30N4O2/c1-14-11-17(21(3)4)12-18(20-14)19-13-23(9-10-25-19)16-5-7-22(8-6-16)15(2)24/h11-12,16,19H,5-10,13H2,1-4H3/t19-/m0/s1. The maximum absolute atomic E-state index is 11.5. The average molecular weight is 346 g/mol. The van der Waals surface area contributed by atoms with Crippen molar-refractivity contribution in [1.29, 1.82) is 0 Å². The van der Waals surface area contributed by atoms with Crippen molar-refractivity contribution in [3.05, 3.63) is 23.5 Å². The Morgan fingerprint density at radius 3 is 2.60 bits per heavy atom. The summed E-state index contributed by atoms with van der Waals surface area (Å²) in [5, 5.41) is 0. The highest BCUT2D eigenvalue weighted by molar-refractivity contribution is 5.73. The summed E-state index contributed by atoms with van der Waals surface area (Å²) >= 11 is 0. The van der Waals surface area contributed by atoms with Crippen LogP contribution in [0.5, 0.6) is 0 Å². The lowest BCUT2D eigenvalue weighted by molar-refractivity contribution is -0.131. The van der Waals surface area contributed by atoms with Crippen LogP contribution in [0.2, 0.25) is 0 Å². The molecule has 0 aromatic carbocycles. The number of hydrogen-bond donors (Lipinski definition) is 0. The van der Waals surface area contributed by atoms with Crippen LogP contribution in [0.15, 0.2) is 12.1 Å². The number of carbonyl (C=O) groups is 1. The van der Waals surface area contributed by atoms with Crippen LogP contribution in [0.4, 0.5) is 5.69 Å². The maximum Gasteiger partial charge on any atom is 0.219 e. The number of piperidine rings is 1. The second-order valence-electron chi connectivity index (χ2n) is 7.38. The van der Waals surface area contributed by atoms with Gasteiger partial charge in [-0.05, 0) is 31.9 Å². The Kier molecular flexibility index (Phi) is 5.59. The fraction of sp³-hybridized carbons (Fsp3) is 0.684. The number of nitrogens with zero attached hydrogens (tertiary/aromatic N) is 4. The number of rotatable bonds is 3. The summed E-state index contributed by atoms with van der Waals surface area (Å²) in [6.07, 6.45) is 2.13. The molecule has 138 valence electrons. The number of hydrogen-bond acceptors (Lipinski definition) is 5. The van der Waals surface area contributed by atoms with Crippen LogP contribution >= 0.6 is 0 Å². The summed E-state index contributed by atoms with van der Waals surface area (Å²) in [5.74, 6) is 0.193. The predicted molar refractivity (Wildman–Crippen MR) is 98.8 cm³/mol. The van der Waals surface area contributed by atoms with Crippen molar-refractivity contribution in [2.75, 3.05) is 51.8 Å². The maximum atomic E-state index is 11.5. The van der Waals surface area contributed by atoms with Gasteiger partial charge in [0, 0.05) is 64.6 Å². The van der Waals surface area contributed by atoms with Crippen LogP contribution in [0.1, 0.15) is 37.3 Å². The molecular formula is C19H30N4O2. The first-order valence-corrected chi connectivity index (χ1v) is 9.21. The molecule has 0 saturated carbocycles. The largest absolute Gasteiger partial charge is 0.378 e. The Balaban J connectivity index is 1.67. The fourth-order valence-electron chi connectivity index (χ4n) is 3.82. The third-order valence-corrected chi connectivity index (χ3v) is 5.33. The number of anilines is 1. The third kappa shape index (κ3) is 4.30. The Hall–Kier alpha value is -1.66. The predicted octanol–water partition coefficient (Wildman–Crippen LogP) is 1.84. The molecule has 0 spiro atoms. The summed E-state index contributed by atoms with van der Waals surface area (Å²) in [4.78, 5) is 22.8.